The van der Waals surface area contributed by atoms with Crippen LogP contribution in [0, 0.1) is 0 Å². The van der Waals surface area contributed by atoms with Crippen molar-refractivity contribution in [2.45, 2.75) is 30.5 Å². The number of benzene rings is 1. The SMILES string of the molecule is COCC1=C2[C@@H](CC/C(=C/c3cc(Br)ccc3O)c3ccccn3)OB(O)C[C@@H]2S(=O)(=O)C1. The number of aromatic hydroxyl groups is 1. The van der Waals surface area contributed by atoms with Gasteiger partial charge in [-0.25, -0.2) is 8.42 Å². The third-order valence-electron chi connectivity index (χ3n) is 5.96. The van der Waals surface area contributed by atoms with Gasteiger partial charge in [0, 0.05) is 29.7 Å². The lowest BCUT2D eigenvalue weighted by molar-refractivity contribution is 0.167. The van der Waals surface area contributed by atoms with Gasteiger partial charge in [0.1, 0.15) is 5.75 Å². The van der Waals surface area contributed by atoms with E-state index >= 15 is 0 Å². The minimum atomic E-state index is -3.39. The highest BCUT2D eigenvalue weighted by atomic mass is 79.9. The normalized spacial score (nSPS) is 22.5. The molecule has 4 rings (SSSR count). The van der Waals surface area contributed by atoms with Gasteiger partial charge in [-0.15, -0.1) is 0 Å². The van der Waals surface area contributed by atoms with Gasteiger partial charge in [-0.1, -0.05) is 22.0 Å². The Balaban J connectivity index is 1.66. The molecule has 10 heteroatoms. The summed E-state index contributed by atoms with van der Waals surface area (Å²) in [5.74, 6) is 0.0745. The number of rotatable bonds is 7. The van der Waals surface area contributed by atoms with Crippen LogP contribution in [-0.2, 0) is 19.2 Å². The topological polar surface area (TPSA) is 106 Å². The van der Waals surface area contributed by atoms with E-state index in [0.29, 0.717) is 29.6 Å². The molecule has 0 amide bonds. The fourth-order valence-corrected chi connectivity index (χ4v) is 7.00. The number of phenols is 1. The first-order valence-electron chi connectivity index (χ1n) is 10.6. The maximum Gasteiger partial charge on any atom is 0.456 e. The number of pyridine rings is 1. The Kier molecular flexibility index (Phi) is 7.40. The summed E-state index contributed by atoms with van der Waals surface area (Å²) in [6.07, 6.45) is 4.00. The Hall–Kier alpha value is -1.98. The molecule has 2 N–H and O–H groups in total. The minimum Gasteiger partial charge on any atom is -0.507 e. The maximum absolute atomic E-state index is 12.7. The fraction of sp³-hybridized carbons (Fsp3) is 0.348. The van der Waals surface area contributed by atoms with Gasteiger partial charge in [0.05, 0.1) is 29.4 Å². The fourth-order valence-electron chi connectivity index (χ4n) is 4.52. The van der Waals surface area contributed by atoms with Crippen LogP contribution in [0.2, 0.25) is 6.32 Å². The predicted octanol–water partition coefficient (Wildman–Crippen LogP) is 3.49. The van der Waals surface area contributed by atoms with Gasteiger partial charge in [0.15, 0.2) is 9.84 Å². The molecule has 0 unspecified atom stereocenters. The van der Waals surface area contributed by atoms with Gasteiger partial charge in [0.2, 0.25) is 0 Å². The molecule has 1 aromatic carbocycles. The van der Waals surface area contributed by atoms with Gasteiger partial charge >= 0.3 is 7.12 Å². The molecule has 1 aromatic heterocycles. The van der Waals surface area contributed by atoms with Crippen molar-refractivity contribution in [1.82, 2.24) is 4.98 Å². The molecule has 0 saturated carbocycles. The molecule has 0 spiro atoms. The molecule has 0 bridgehead atoms. The number of aromatic nitrogens is 1. The first kappa shape index (κ1) is 24.2. The zero-order chi connectivity index (χ0) is 23.6. The third-order valence-corrected chi connectivity index (χ3v) is 8.51. The van der Waals surface area contributed by atoms with E-state index in [1.54, 1.807) is 18.3 Å². The zero-order valence-electron chi connectivity index (χ0n) is 18.1. The van der Waals surface area contributed by atoms with E-state index in [1.807, 2.05) is 30.3 Å². The Morgan fingerprint density at radius 2 is 2.18 bits per heavy atom. The average molecular weight is 534 g/mol. The van der Waals surface area contributed by atoms with E-state index in [2.05, 4.69) is 20.9 Å². The second-order valence-electron chi connectivity index (χ2n) is 8.23. The molecule has 0 aliphatic carbocycles. The quantitative estimate of drug-likeness (QED) is 0.414. The van der Waals surface area contributed by atoms with E-state index in [1.165, 1.54) is 7.11 Å². The average Bonchev–Trinajstić information content (AvgIpc) is 3.03. The standard InChI is InChI=1S/C23H25BBrNO6S/c1-31-13-17-14-33(29,30)22-12-24(28)32-21(23(17)22)8-5-15(19-4-2-3-9-26-19)10-16-11-18(25)6-7-20(16)27/h2-4,6-7,9-11,21-22,27-28H,5,8,12-14H2,1H3/b15-10-/t21-,22+/m1/s1. The summed E-state index contributed by atoms with van der Waals surface area (Å²) in [7, 11) is -3.00. The number of hydrogen-bond acceptors (Lipinski definition) is 7. The van der Waals surface area contributed by atoms with Crippen molar-refractivity contribution in [3.05, 3.63) is 69.5 Å². The maximum atomic E-state index is 12.7. The first-order chi connectivity index (χ1) is 15.8. The van der Waals surface area contributed by atoms with Crippen molar-refractivity contribution in [2.75, 3.05) is 19.5 Å². The molecule has 2 aliphatic heterocycles. The Labute approximate surface area is 202 Å². The summed E-state index contributed by atoms with van der Waals surface area (Å²) in [5.41, 5.74) is 3.67. The monoisotopic (exact) mass is 533 g/mol. The molecule has 7 nitrogen and oxygen atoms in total. The number of hydrogen-bond donors (Lipinski definition) is 2. The molecule has 1 fully saturated rings. The van der Waals surface area contributed by atoms with Crippen molar-refractivity contribution in [1.29, 1.82) is 0 Å². The Morgan fingerprint density at radius 1 is 1.36 bits per heavy atom. The Morgan fingerprint density at radius 3 is 2.91 bits per heavy atom. The number of nitrogens with zero attached hydrogens (tertiary/aromatic N) is 1. The van der Waals surface area contributed by atoms with Crippen molar-refractivity contribution in [3.63, 3.8) is 0 Å². The van der Waals surface area contributed by atoms with Crippen LogP contribution in [0.1, 0.15) is 24.1 Å². The number of methoxy groups -OCH3 is 1. The second-order valence-corrected chi connectivity index (χ2v) is 11.3. The van der Waals surface area contributed by atoms with Crippen LogP contribution in [0.25, 0.3) is 11.6 Å². The van der Waals surface area contributed by atoms with Crippen molar-refractivity contribution < 1.29 is 27.9 Å². The molecule has 33 heavy (non-hydrogen) atoms. The number of phenolic OH excluding ortho intramolecular Hbond substituents is 1. The van der Waals surface area contributed by atoms with Crippen LogP contribution < -0.4 is 0 Å². The molecule has 2 aliphatic rings. The van der Waals surface area contributed by atoms with E-state index in [9.17, 15) is 18.5 Å². The molecular formula is C23H25BBrNO6S. The van der Waals surface area contributed by atoms with Gasteiger partial charge in [-0.05, 0) is 66.0 Å². The van der Waals surface area contributed by atoms with Crippen LogP contribution >= 0.6 is 15.9 Å². The summed E-state index contributed by atoms with van der Waals surface area (Å²) < 4.78 is 37.4. The lowest BCUT2D eigenvalue weighted by atomic mass is 9.74. The highest BCUT2D eigenvalue weighted by Crippen LogP contribution is 2.40. The van der Waals surface area contributed by atoms with E-state index in [4.69, 9.17) is 9.39 Å². The molecule has 2 aromatic rings. The van der Waals surface area contributed by atoms with Gasteiger partial charge in [-0.3, -0.25) is 4.98 Å². The lowest BCUT2D eigenvalue weighted by Gasteiger charge is -2.32. The minimum absolute atomic E-state index is 0.0379. The third kappa shape index (κ3) is 5.41. The Bertz CT molecular complexity index is 1180. The van der Waals surface area contributed by atoms with Crippen molar-refractivity contribution >= 4 is 44.5 Å². The van der Waals surface area contributed by atoms with E-state index in [0.717, 1.165) is 15.7 Å². The number of ether oxygens (including phenoxy) is 1. The van der Waals surface area contributed by atoms with Crippen molar-refractivity contribution in [3.8, 4) is 5.75 Å². The van der Waals surface area contributed by atoms with Crippen LogP contribution in [0.15, 0.2) is 58.2 Å². The second kappa shape index (κ2) is 10.1. The van der Waals surface area contributed by atoms with Gasteiger partial charge in [0.25, 0.3) is 0 Å². The molecule has 174 valence electrons. The summed E-state index contributed by atoms with van der Waals surface area (Å²) >= 11 is 3.43. The highest BCUT2D eigenvalue weighted by molar-refractivity contribution is 9.10. The summed E-state index contributed by atoms with van der Waals surface area (Å²) in [6.45, 7) is 0.218. The first-order valence-corrected chi connectivity index (χ1v) is 13.2. The van der Waals surface area contributed by atoms with Crippen LogP contribution in [0.3, 0.4) is 0 Å². The van der Waals surface area contributed by atoms with Gasteiger partial charge < -0.3 is 19.5 Å². The zero-order valence-corrected chi connectivity index (χ0v) is 20.5. The molecule has 0 radical (unpaired) electrons. The molecular weight excluding hydrogens is 509 g/mol. The van der Waals surface area contributed by atoms with Crippen LogP contribution in [0.5, 0.6) is 5.75 Å². The summed E-state index contributed by atoms with van der Waals surface area (Å²) in [6, 6.07) is 10.8. The van der Waals surface area contributed by atoms with Crippen molar-refractivity contribution in [2.24, 2.45) is 0 Å². The van der Waals surface area contributed by atoms with Crippen LogP contribution in [0.4, 0.5) is 0 Å². The number of halogens is 1. The summed E-state index contributed by atoms with van der Waals surface area (Å²) in [5, 5.41) is 19.8. The smallest absolute Gasteiger partial charge is 0.456 e. The molecule has 3 heterocycles. The predicted molar refractivity (Wildman–Crippen MR) is 131 cm³/mol. The number of fused-ring (bicyclic) bond motifs is 1. The molecule has 2 atom stereocenters. The van der Waals surface area contributed by atoms with Gasteiger partial charge in [-0.2, -0.15) is 0 Å². The summed E-state index contributed by atoms with van der Waals surface area (Å²) in [4.78, 5) is 4.46. The lowest BCUT2D eigenvalue weighted by Crippen LogP contribution is -2.42. The largest absolute Gasteiger partial charge is 0.507 e. The number of sulfone groups is 1. The highest BCUT2D eigenvalue weighted by Gasteiger charge is 2.48. The van der Waals surface area contributed by atoms with E-state index < -0.39 is 28.3 Å². The van der Waals surface area contributed by atoms with Crippen LogP contribution in [-0.4, -0.2) is 61.5 Å². The number of allylic oxidation sites excluding steroid dienone is 1. The molecule has 1 saturated heterocycles. The van der Waals surface area contributed by atoms with E-state index in [-0.39, 0.29) is 24.4 Å².